The van der Waals surface area contributed by atoms with Crippen molar-refractivity contribution in [2.45, 2.75) is 70.4 Å². The monoisotopic (exact) mass is 551 g/mol. The molecule has 1 spiro atoms. The Balaban J connectivity index is 1.04. The van der Waals surface area contributed by atoms with Crippen molar-refractivity contribution in [2.75, 3.05) is 61.3 Å². The van der Waals surface area contributed by atoms with Crippen LogP contribution in [0.2, 0.25) is 0 Å². The zero-order valence-corrected chi connectivity index (χ0v) is 23.8. The van der Waals surface area contributed by atoms with Crippen LogP contribution in [-0.2, 0) is 4.79 Å². The Morgan fingerprint density at radius 2 is 1.95 bits per heavy atom. The molecule has 2 aromatic rings. The summed E-state index contributed by atoms with van der Waals surface area (Å²) in [6.07, 6.45) is 11.8. The molecule has 3 bridgehead atoms. The Bertz CT molecular complexity index is 1160. The summed E-state index contributed by atoms with van der Waals surface area (Å²) in [6.45, 7) is 9.12. The molecule has 1 unspecified atom stereocenters. The van der Waals surface area contributed by atoms with E-state index in [9.17, 15) is 4.79 Å². The van der Waals surface area contributed by atoms with Crippen LogP contribution in [0.15, 0.2) is 18.3 Å². The number of nitrogens with one attached hydrogen (secondary N) is 2. The van der Waals surface area contributed by atoms with Crippen LogP contribution in [0.25, 0.3) is 0 Å². The predicted octanol–water partition coefficient (Wildman–Crippen LogP) is 3.32. The standard InChI is InChI=1S/C28H41N9OS/c1-2-35-11-13-36(14-12-35)23(28-8-4-7-27(19-28)15-20(16-27)17-28)24(38)31-26-34-33-25(39-26)30-21-6-10-37(18-21)22-5-3-9-29-32-22/h3,5,9,20-21,23H,2,4,6-8,10-19H2,1H3,(H,30,33)(H,31,34,38)/t20?,21-,23+,27?,28?/m1/s1. The van der Waals surface area contributed by atoms with Gasteiger partial charge in [0.2, 0.25) is 16.2 Å². The van der Waals surface area contributed by atoms with E-state index in [2.05, 4.69) is 52.7 Å². The summed E-state index contributed by atoms with van der Waals surface area (Å²) in [6, 6.07) is 4.10. The van der Waals surface area contributed by atoms with E-state index < -0.39 is 0 Å². The average Bonchev–Trinajstić information content (AvgIpc) is 3.58. The van der Waals surface area contributed by atoms with Crippen LogP contribution in [0.3, 0.4) is 0 Å². The number of aromatic nitrogens is 4. The van der Waals surface area contributed by atoms with Crippen LogP contribution < -0.4 is 15.5 Å². The van der Waals surface area contributed by atoms with Crippen LogP contribution in [0.5, 0.6) is 0 Å². The SMILES string of the molecule is CCN1CCN([C@@H](C(=O)Nc2nnc(N[C@@H]3CCN(c4cccnn4)C3)s2)C23CCCC4(CC(C4)C2)C3)CC1. The lowest BCUT2D eigenvalue weighted by atomic mass is 9.41. The molecule has 2 aliphatic heterocycles. The molecule has 2 aromatic heterocycles. The summed E-state index contributed by atoms with van der Waals surface area (Å²) in [7, 11) is 0. The van der Waals surface area contributed by atoms with Gasteiger partial charge in [0.05, 0.1) is 6.04 Å². The van der Waals surface area contributed by atoms with E-state index in [0.717, 1.165) is 69.1 Å². The minimum absolute atomic E-state index is 0.0741. The molecule has 3 atom stereocenters. The minimum atomic E-state index is -0.0741. The molecular weight excluding hydrogens is 510 g/mol. The molecule has 4 aliphatic carbocycles. The smallest absolute Gasteiger partial charge is 0.244 e. The lowest BCUT2D eigenvalue weighted by Crippen LogP contribution is -2.65. The van der Waals surface area contributed by atoms with Gasteiger partial charge in [0.1, 0.15) is 0 Å². The second-order valence-corrected chi connectivity index (χ2v) is 13.8. The van der Waals surface area contributed by atoms with Crippen LogP contribution in [0.4, 0.5) is 16.1 Å². The van der Waals surface area contributed by atoms with Gasteiger partial charge in [-0.1, -0.05) is 24.7 Å². The van der Waals surface area contributed by atoms with Crippen LogP contribution in [-0.4, -0.2) is 94.0 Å². The number of anilines is 3. The summed E-state index contributed by atoms with van der Waals surface area (Å²) in [5, 5.41) is 25.2. The van der Waals surface area contributed by atoms with E-state index >= 15 is 0 Å². The fourth-order valence-corrected chi connectivity index (χ4v) is 9.61. The van der Waals surface area contributed by atoms with Crippen molar-refractivity contribution >= 4 is 33.3 Å². The first-order valence-electron chi connectivity index (χ1n) is 14.9. The highest BCUT2D eigenvalue weighted by atomic mass is 32.1. The Labute approximate surface area is 234 Å². The third-order valence-corrected chi connectivity index (χ3v) is 11.1. The van der Waals surface area contributed by atoms with E-state index in [0.29, 0.717) is 10.5 Å². The third kappa shape index (κ3) is 4.91. The van der Waals surface area contributed by atoms with Crippen molar-refractivity contribution in [2.24, 2.45) is 16.7 Å². The number of piperazine rings is 1. The van der Waals surface area contributed by atoms with Crippen molar-refractivity contribution in [1.82, 2.24) is 30.2 Å². The van der Waals surface area contributed by atoms with Gasteiger partial charge < -0.3 is 15.1 Å². The number of likely N-dealkylation sites (N-methyl/N-ethyl adjacent to an activating group) is 1. The molecule has 0 aromatic carbocycles. The highest BCUT2D eigenvalue weighted by molar-refractivity contribution is 7.19. The molecule has 10 nitrogen and oxygen atoms in total. The number of hydrogen-bond acceptors (Lipinski definition) is 10. The Hall–Kier alpha value is -2.37. The molecule has 210 valence electrons. The van der Waals surface area contributed by atoms with Gasteiger partial charge in [0, 0.05) is 51.5 Å². The number of amides is 1. The first kappa shape index (κ1) is 25.6. The first-order chi connectivity index (χ1) is 19.0. The van der Waals surface area contributed by atoms with Crippen LogP contribution in [0.1, 0.15) is 58.3 Å². The lowest BCUT2D eigenvalue weighted by Gasteiger charge is -2.66. The maximum absolute atomic E-state index is 14.2. The molecule has 4 saturated carbocycles. The topological polar surface area (TPSA) is 102 Å². The van der Waals surface area contributed by atoms with E-state index in [-0.39, 0.29) is 23.4 Å². The second kappa shape index (κ2) is 10.2. The van der Waals surface area contributed by atoms with Gasteiger partial charge in [0.15, 0.2) is 5.82 Å². The van der Waals surface area contributed by atoms with Gasteiger partial charge in [-0.3, -0.25) is 15.0 Å². The normalized spacial score (nSPS) is 33.4. The molecule has 4 heterocycles. The highest BCUT2D eigenvalue weighted by Gasteiger charge is 2.62. The summed E-state index contributed by atoms with van der Waals surface area (Å²) < 4.78 is 0. The predicted molar refractivity (Wildman–Crippen MR) is 153 cm³/mol. The van der Waals surface area contributed by atoms with Gasteiger partial charge in [-0.2, -0.15) is 5.10 Å². The van der Waals surface area contributed by atoms with Gasteiger partial charge in [-0.15, -0.1) is 15.3 Å². The molecule has 2 N–H and O–H groups in total. The van der Waals surface area contributed by atoms with Crippen molar-refractivity contribution in [3.8, 4) is 0 Å². The fraction of sp³-hybridized carbons (Fsp3) is 0.750. The quantitative estimate of drug-likeness (QED) is 0.511. The molecule has 6 aliphatic rings. The summed E-state index contributed by atoms with van der Waals surface area (Å²) in [5.74, 6) is 1.86. The molecule has 2 saturated heterocycles. The molecule has 11 heteroatoms. The average molecular weight is 552 g/mol. The zero-order valence-electron chi connectivity index (χ0n) is 23.0. The van der Waals surface area contributed by atoms with Crippen LogP contribution in [0, 0.1) is 16.7 Å². The summed E-state index contributed by atoms with van der Waals surface area (Å²) in [5.41, 5.74) is 0.628. The molecule has 6 fully saturated rings. The molecule has 39 heavy (non-hydrogen) atoms. The maximum Gasteiger partial charge on any atom is 0.244 e. The lowest BCUT2D eigenvalue weighted by molar-refractivity contribution is -0.165. The minimum Gasteiger partial charge on any atom is -0.355 e. The largest absolute Gasteiger partial charge is 0.355 e. The number of carbonyl (C=O) groups is 1. The Morgan fingerprint density at radius 3 is 2.74 bits per heavy atom. The van der Waals surface area contributed by atoms with Crippen molar-refractivity contribution < 1.29 is 4.79 Å². The first-order valence-corrected chi connectivity index (χ1v) is 15.7. The van der Waals surface area contributed by atoms with E-state index in [1.165, 1.54) is 56.3 Å². The Kier molecular flexibility index (Phi) is 6.71. The van der Waals surface area contributed by atoms with E-state index in [1.807, 2.05) is 12.1 Å². The number of rotatable bonds is 8. The van der Waals surface area contributed by atoms with Crippen molar-refractivity contribution in [1.29, 1.82) is 0 Å². The Morgan fingerprint density at radius 1 is 1.10 bits per heavy atom. The van der Waals surface area contributed by atoms with Gasteiger partial charge in [-0.05, 0) is 80.4 Å². The molecule has 1 amide bonds. The summed E-state index contributed by atoms with van der Waals surface area (Å²) >= 11 is 1.45. The second-order valence-electron chi connectivity index (χ2n) is 12.8. The van der Waals surface area contributed by atoms with Gasteiger partial charge >= 0.3 is 0 Å². The van der Waals surface area contributed by atoms with Crippen molar-refractivity contribution in [3.63, 3.8) is 0 Å². The zero-order chi connectivity index (χ0) is 26.5. The van der Waals surface area contributed by atoms with Crippen molar-refractivity contribution in [3.05, 3.63) is 18.3 Å². The van der Waals surface area contributed by atoms with E-state index in [4.69, 9.17) is 0 Å². The maximum atomic E-state index is 14.2. The molecule has 0 radical (unpaired) electrons. The highest BCUT2D eigenvalue weighted by Crippen LogP contribution is 2.69. The molecular formula is C28H41N9OS. The number of carbonyl (C=O) groups excluding carboxylic acids is 1. The van der Waals surface area contributed by atoms with Gasteiger partial charge in [-0.25, -0.2) is 0 Å². The van der Waals surface area contributed by atoms with Gasteiger partial charge in [0.25, 0.3) is 0 Å². The fourth-order valence-electron chi connectivity index (χ4n) is 8.89. The molecule has 8 rings (SSSR count). The number of nitrogens with zero attached hydrogens (tertiary/aromatic N) is 7. The van der Waals surface area contributed by atoms with Crippen LogP contribution >= 0.6 is 11.3 Å². The summed E-state index contributed by atoms with van der Waals surface area (Å²) in [4.78, 5) is 21.4. The number of hydrogen-bond donors (Lipinski definition) is 2. The third-order valence-electron chi connectivity index (χ3n) is 10.3. The van der Waals surface area contributed by atoms with E-state index in [1.54, 1.807) is 6.20 Å².